The number of carbonyl (C=O) groups is 2. The molecule has 1 heterocycles. The number of aromatic nitrogens is 1. The normalized spacial score (nSPS) is 12.9. The van der Waals surface area contributed by atoms with Gasteiger partial charge in [-0.1, -0.05) is 42.5 Å². The molecule has 1 aromatic heterocycles. The third-order valence-electron chi connectivity index (χ3n) is 4.78. The Bertz CT molecular complexity index is 1190. The number of thiazole rings is 1. The summed E-state index contributed by atoms with van der Waals surface area (Å²) >= 11 is 1.37. The Labute approximate surface area is 201 Å². The fourth-order valence-corrected chi connectivity index (χ4v) is 4.36. The zero-order valence-corrected chi connectivity index (χ0v) is 19.8. The molecule has 0 unspecified atom stereocenters. The Morgan fingerprint density at radius 2 is 1.71 bits per heavy atom. The largest absolute Gasteiger partial charge is 0.453 e. The Hall–Kier alpha value is -3.48. The minimum absolute atomic E-state index is 0.200. The van der Waals surface area contributed by atoms with Crippen LogP contribution < -0.4 is 15.4 Å². The molecule has 0 radical (unpaired) electrons. The van der Waals surface area contributed by atoms with Crippen LogP contribution in [0.15, 0.2) is 66.2 Å². The number of nitrogens with zero attached hydrogens (tertiary/aromatic N) is 1. The van der Waals surface area contributed by atoms with Crippen molar-refractivity contribution >= 4 is 39.3 Å². The molecule has 34 heavy (non-hydrogen) atoms. The van der Waals surface area contributed by atoms with Crippen molar-refractivity contribution in [3.8, 4) is 0 Å². The molecule has 0 saturated carbocycles. The van der Waals surface area contributed by atoms with Gasteiger partial charge in [0.05, 0.1) is 18.8 Å². The van der Waals surface area contributed by atoms with Crippen LogP contribution in [0.4, 0.5) is 10.5 Å². The van der Waals surface area contributed by atoms with Crippen LogP contribution in [0.3, 0.4) is 0 Å². The number of ether oxygens (including phenoxy) is 1. The van der Waals surface area contributed by atoms with Crippen LogP contribution in [0.25, 0.3) is 0 Å². The molecule has 3 aromatic rings. The zero-order valence-electron chi connectivity index (χ0n) is 18.2. The van der Waals surface area contributed by atoms with E-state index in [1.54, 1.807) is 23.7 Å². The zero-order chi connectivity index (χ0) is 24.6. The molecular weight excluding hydrogens is 480 g/mol. The highest BCUT2D eigenvalue weighted by molar-refractivity contribution is 7.87. The van der Waals surface area contributed by atoms with Crippen molar-refractivity contribution in [3.05, 3.63) is 82.3 Å². The van der Waals surface area contributed by atoms with Gasteiger partial charge in [0.1, 0.15) is 11.0 Å². The van der Waals surface area contributed by atoms with Gasteiger partial charge in [0, 0.05) is 18.0 Å². The van der Waals surface area contributed by atoms with E-state index in [-0.39, 0.29) is 12.1 Å². The summed E-state index contributed by atoms with van der Waals surface area (Å²) in [4.78, 5) is 29.4. The quantitative estimate of drug-likeness (QED) is 0.310. The fourth-order valence-electron chi connectivity index (χ4n) is 3.23. The molecule has 0 aliphatic heterocycles. The molecule has 4 N–H and O–H groups in total. The Morgan fingerprint density at radius 1 is 1.03 bits per heavy atom. The topological polar surface area (TPSA) is 147 Å². The predicted molar refractivity (Wildman–Crippen MR) is 128 cm³/mol. The van der Waals surface area contributed by atoms with Crippen molar-refractivity contribution in [2.24, 2.45) is 0 Å². The number of hydrogen-bond donors (Lipinski definition) is 4. The highest BCUT2D eigenvalue weighted by atomic mass is 32.2. The number of nitrogens with one attached hydrogen (secondary N) is 3. The van der Waals surface area contributed by atoms with E-state index in [1.807, 2.05) is 35.1 Å². The molecule has 10 nitrogen and oxygen atoms in total. The van der Waals surface area contributed by atoms with E-state index in [4.69, 9.17) is 4.55 Å². The highest BCUT2D eigenvalue weighted by Crippen LogP contribution is 2.22. The second-order valence-electron chi connectivity index (χ2n) is 7.29. The number of methoxy groups -OCH3 is 1. The van der Waals surface area contributed by atoms with Gasteiger partial charge in [-0.25, -0.2) is 9.78 Å². The smallest absolute Gasteiger partial charge is 0.407 e. The third kappa shape index (κ3) is 7.83. The SMILES string of the molecule is COC(=O)N[C@@H](Cc1ccccc1)C(=O)N[C@@H](Cc1ccc(NS(=O)(=O)O)cc1)c1nccs1. The molecule has 0 bridgehead atoms. The first kappa shape index (κ1) is 25.1. The minimum Gasteiger partial charge on any atom is -0.453 e. The average Bonchev–Trinajstić information content (AvgIpc) is 3.34. The molecule has 12 heteroatoms. The van der Waals surface area contributed by atoms with Gasteiger partial charge in [-0.15, -0.1) is 11.3 Å². The van der Waals surface area contributed by atoms with Gasteiger partial charge >= 0.3 is 16.4 Å². The molecule has 2 aromatic carbocycles. The number of rotatable bonds is 10. The van der Waals surface area contributed by atoms with Crippen LogP contribution in [0.5, 0.6) is 0 Å². The van der Waals surface area contributed by atoms with Gasteiger partial charge in [0.15, 0.2) is 0 Å². The molecule has 2 atom stereocenters. The fraction of sp³-hybridized carbons (Fsp3) is 0.227. The monoisotopic (exact) mass is 504 g/mol. The summed E-state index contributed by atoms with van der Waals surface area (Å²) in [5.41, 5.74) is 1.86. The van der Waals surface area contributed by atoms with Crippen molar-refractivity contribution < 1.29 is 27.3 Å². The second-order valence-corrected chi connectivity index (χ2v) is 9.37. The first-order valence-electron chi connectivity index (χ1n) is 10.2. The van der Waals surface area contributed by atoms with E-state index in [1.165, 1.54) is 30.6 Å². The lowest BCUT2D eigenvalue weighted by Crippen LogP contribution is -2.49. The molecule has 0 aliphatic carbocycles. The van der Waals surface area contributed by atoms with Crippen LogP contribution >= 0.6 is 11.3 Å². The lowest BCUT2D eigenvalue weighted by Gasteiger charge is -2.22. The summed E-state index contributed by atoms with van der Waals surface area (Å²) in [6.07, 6.45) is 1.54. The highest BCUT2D eigenvalue weighted by Gasteiger charge is 2.26. The van der Waals surface area contributed by atoms with E-state index in [2.05, 4.69) is 20.4 Å². The van der Waals surface area contributed by atoms with Crippen LogP contribution in [0.2, 0.25) is 0 Å². The maximum atomic E-state index is 13.2. The van der Waals surface area contributed by atoms with Crippen molar-refractivity contribution in [2.75, 3.05) is 11.8 Å². The van der Waals surface area contributed by atoms with Crippen LogP contribution in [-0.4, -0.2) is 43.1 Å². The van der Waals surface area contributed by atoms with Crippen LogP contribution in [0, 0.1) is 0 Å². The summed E-state index contributed by atoms with van der Waals surface area (Å²) in [6, 6.07) is 14.3. The molecule has 0 spiro atoms. The third-order valence-corrected chi connectivity index (χ3v) is 6.17. The Kier molecular flexibility index (Phi) is 8.57. The van der Waals surface area contributed by atoms with Gasteiger partial charge in [0.2, 0.25) is 5.91 Å². The Morgan fingerprint density at radius 3 is 2.29 bits per heavy atom. The molecule has 3 rings (SSSR count). The second kappa shape index (κ2) is 11.6. The molecule has 180 valence electrons. The number of anilines is 1. The van der Waals surface area contributed by atoms with Crippen LogP contribution in [0.1, 0.15) is 22.2 Å². The van der Waals surface area contributed by atoms with Gasteiger partial charge in [-0.05, 0) is 29.7 Å². The summed E-state index contributed by atoms with van der Waals surface area (Å²) in [6.45, 7) is 0. The van der Waals surface area contributed by atoms with Crippen molar-refractivity contribution in [1.82, 2.24) is 15.6 Å². The summed E-state index contributed by atoms with van der Waals surface area (Å²) in [5, 5.41) is 8.00. The van der Waals surface area contributed by atoms with E-state index in [0.29, 0.717) is 11.4 Å². The van der Waals surface area contributed by atoms with Gasteiger partial charge in [-0.2, -0.15) is 8.42 Å². The first-order chi connectivity index (χ1) is 16.2. The molecule has 0 fully saturated rings. The predicted octanol–water partition coefficient (Wildman–Crippen LogP) is 2.73. The number of amides is 2. The van der Waals surface area contributed by atoms with Crippen LogP contribution in [-0.2, 0) is 32.7 Å². The molecule has 2 amide bonds. The molecule has 0 saturated heterocycles. The number of alkyl carbamates (subject to hydrolysis) is 1. The van der Waals surface area contributed by atoms with E-state index < -0.39 is 34.4 Å². The standard InChI is InChI=1S/C22H24N4O6S2/c1-32-22(28)25-18(13-15-5-3-2-4-6-15)20(27)24-19(21-23-11-12-33-21)14-16-7-9-17(10-8-16)26-34(29,30)31/h2-12,18-19,26H,13-14H2,1H3,(H,24,27)(H,25,28)(H,29,30,31)/t18-,19-/m0/s1. The summed E-state index contributed by atoms with van der Waals surface area (Å²) in [7, 11) is -3.14. The molecular formula is C22H24N4O6S2. The van der Waals surface area contributed by atoms with Crippen molar-refractivity contribution in [1.29, 1.82) is 0 Å². The number of carbonyl (C=O) groups excluding carboxylic acids is 2. The minimum atomic E-state index is -4.37. The van der Waals surface area contributed by atoms with Crippen molar-refractivity contribution in [3.63, 3.8) is 0 Å². The van der Waals surface area contributed by atoms with E-state index >= 15 is 0 Å². The lowest BCUT2D eigenvalue weighted by molar-refractivity contribution is -0.123. The maximum Gasteiger partial charge on any atom is 0.407 e. The maximum absolute atomic E-state index is 13.2. The number of hydrogen-bond acceptors (Lipinski definition) is 7. The lowest BCUT2D eigenvalue weighted by atomic mass is 10.0. The van der Waals surface area contributed by atoms with E-state index in [9.17, 15) is 18.0 Å². The summed E-state index contributed by atoms with van der Waals surface area (Å²) in [5.74, 6) is -0.404. The molecule has 0 aliphatic rings. The van der Waals surface area contributed by atoms with Crippen molar-refractivity contribution in [2.45, 2.75) is 24.9 Å². The average molecular weight is 505 g/mol. The van der Waals surface area contributed by atoms with Gasteiger partial charge in [0.25, 0.3) is 0 Å². The first-order valence-corrected chi connectivity index (χ1v) is 12.5. The summed E-state index contributed by atoms with van der Waals surface area (Å²) < 4.78 is 37.5. The Balaban J connectivity index is 1.77. The van der Waals surface area contributed by atoms with Gasteiger partial charge < -0.3 is 15.4 Å². The van der Waals surface area contributed by atoms with Gasteiger partial charge in [-0.3, -0.25) is 14.1 Å². The van der Waals surface area contributed by atoms with E-state index in [0.717, 1.165) is 11.1 Å². The number of benzene rings is 2.